The van der Waals surface area contributed by atoms with Gasteiger partial charge in [0.25, 0.3) is 0 Å². The number of likely N-dealkylation sites (N-methyl/N-ethyl adjacent to an activating group) is 1. The third-order valence-corrected chi connectivity index (χ3v) is 2.75. The smallest absolute Gasteiger partial charge is 0.0728 e. The van der Waals surface area contributed by atoms with E-state index in [1.807, 2.05) is 37.5 Å². The first-order valence-corrected chi connectivity index (χ1v) is 5.90. The third kappa shape index (κ3) is 3.02. The van der Waals surface area contributed by atoms with E-state index in [1.54, 1.807) is 0 Å². The van der Waals surface area contributed by atoms with E-state index in [1.165, 1.54) is 10.9 Å². The Bertz CT molecular complexity index is 479. The van der Waals surface area contributed by atoms with Crippen molar-refractivity contribution < 1.29 is 4.74 Å². The van der Waals surface area contributed by atoms with Crippen LogP contribution in [0.5, 0.6) is 0 Å². The van der Waals surface area contributed by atoms with E-state index < -0.39 is 0 Å². The summed E-state index contributed by atoms with van der Waals surface area (Å²) in [5.74, 6) is 0. The highest BCUT2D eigenvalue weighted by Gasteiger charge is 2.04. The molecule has 0 fully saturated rings. The number of nitrogens with zero attached hydrogens (tertiary/aromatic N) is 1. The molecule has 1 unspecified atom stereocenters. The number of rotatable bonds is 5. The van der Waals surface area contributed by atoms with E-state index in [4.69, 9.17) is 4.74 Å². The van der Waals surface area contributed by atoms with Crippen molar-refractivity contribution in [3.63, 3.8) is 0 Å². The molecule has 0 aliphatic heterocycles. The topological polar surface area (TPSA) is 34.1 Å². The molecule has 1 N–H and O–H groups in total. The summed E-state index contributed by atoms with van der Waals surface area (Å²) in [5, 5.41) is 4.28. The molecule has 0 aliphatic carbocycles. The molecule has 0 amide bonds. The van der Waals surface area contributed by atoms with Crippen LogP contribution in [0.25, 0.3) is 10.9 Å². The maximum atomic E-state index is 5.79. The molecule has 0 radical (unpaired) electrons. The molecule has 3 nitrogen and oxygen atoms in total. The van der Waals surface area contributed by atoms with Crippen LogP contribution in [0.1, 0.15) is 12.5 Å². The number of fused-ring (bicyclic) bond motifs is 1. The summed E-state index contributed by atoms with van der Waals surface area (Å²) < 4.78 is 5.79. The Balaban J connectivity index is 2.13. The lowest BCUT2D eigenvalue weighted by molar-refractivity contribution is 0.0551. The fourth-order valence-corrected chi connectivity index (χ4v) is 1.86. The van der Waals surface area contributed by atoms with Gasteiger partial charge in [-0.2, -0.15) is 0 Å². The van der Waals surface area contributed by atoms with Crippen LogP contribution in [0.2, 0.25) is 0 Å². The molecule has 2 rings (SSSR count). The molecule has 3 heteroatoms. The van der Waals surface area contributed by atoms with Gasteiger partial charge in [0.2, 0.25) is 0 Å². The number of nitrogens with one attached hydrogen (secondary N) is 1. The zero-order chi connectivity index (χ0) is 12.1. The molecule has 1 heterocycles. The van der Waals surface area contributed by atoms with Crippen LogP contribution in [0.3, 0.4) is 0 Å². The summed E-state index contributed by atoms with van der Waals surface area (Å²) in [4.78, 5) is 4.34. The average molecular weight is 230 g/mol. The first-order valence-electron chi connectivity index (χ1n) is 5.90. The largest absolute Gasteiger partial charge is 0.372 e. The van der Waals surface area contributed by atoms with Crippen molar-refractivity contribution in [1.29, 1.82) is 0 Å². The highest BCUT2D eigenvalue weighted by Crippen LogP contribution is 2.17. The predicted octanol–water partition coefficient (Wildman–Crippen LogP) is 2.36. The number of hydrogen-bond acceptors (Lipinski definition) is 3. The van der Waals surface area contributed by atoms with Gasteiger partial charge in [0, 0.05) is 18.1 Å². The number of pyridine rings is 1. The van der Waals surface area contributed by atoms with E-state index in [-0.39, 0.29) is 6.10 Å². The summed E-state index contributed by atoms with van der Waals surface area (Å²) in [6, 6.07) is 10.2. The Hall–Kier alpha value is -1.45. The molecule has 0 saturated carbocycles. The van der Waals surface area contributed by atoms with Crippen LogP contribution in [-0.4, -0.2) is 24.7 Å². The van der Waals surface area contributed by atoms with Gasteiger partial charge in [0.1, 0.15) is 0 Å². The molecular formula is C14H18N2O. The molecule has 17 heavy (non-hydrogen) atoms. The van der Waals surface area contributed by atoms with Gasteiger partial charge in [0.15, 0.2) is 0 Å². The first-order chi connectivity index (χ1) is 8.31. The van der Waals surface area contributed by atoms with Gasteiger partial charge in [-0.15, -0.1) is 0 Å². The minimum absolute atomic E-state index is 0.215. The highest BCUT2D eigenvalue weighted by molar-refractivity contribution is 5.81. The van der Waals surface area contributed by atoms with Gasteiger partial charge < -0.3 is 10.1 Å². The van der Waals surface area contributed by atoms with Gasteiger partial charge in [-0.25, -0.2) is 0 Å². The fraction of sp³-hybridized carbons (Fsp3) is 0.357. The lowest BCUT2D eigenvalue weighted by Gasteiger charge is -2.13. The van der Waals surface area contributed by atoms with E-state index >= 15 is 0 Å². The fourth-order valence-electron chi connectivity index (χ4n) is 1.86. The summed E-state index contributed by atoms with van der Waals surface area (Å²) in [6.45, 7) is 3.56. The normalized spacial score (nSPS) is 12.8. The minimum atomic E-state index is 0.215. The van der Waals surface area contributed by atoms with Gasteiger partial charge in [-0.1, -0.05) is 18.2 Å². The quantitative estimate of drug-likeness (QED) is 0.856. The van der Waals surface area contributed by atoms with Crippen molar-refractivity contribution >= 4 is 10.9 Å². The molecule has 1 atom stereocenters. The summed E-state index contributed by atoms with van der Waals surface area (Å²) >= 11 is 0. The van der Waals surface area contributed by atoms with Crippen LogP contribution in [0.4, 0.5) is 0 Å². The summed E-state index contributed by atoms with van der Waals surface area (Å²) in [7, 11) is 1.93. The van der Waals surface area contributed by atoms with Crippen LogP contribution in [0.15, 0.2) is 36.5 Å². The number of para-hydroxylation sites is 1. The van der Waals surface area contributed by atoms with Gasteiger partial charge in [0.05, 0.1) is 18.2 Å². The van der Waals surface area contributed by atoms with Crippen molar-refractivity contribution in [3.8, 4) is 0 Å². The average Bonchev–Trinajstić information content (AvgIpc) is 2.36. The van der Waals surface area contributed by atoms with Crippen LogP contribution in [0, 0.1) is 0 Å². The van der Waals surface area contributed by atoms with Crippen LogP contribution < -0.4 is 5.32 Å². The molecular weight excluding hydrogens is 212 g/mol. The van der Waals surface area contributed by atoms with Crippen molar-refractivity contribution in [2.75, 3.05) is 13.6 Å². The lowest BCUT2D eigenvalue weighted by atomic mass is 10.1. The maximum absolute atomic E-state index is 5.79. The van der Waals surface area contributed by atoms with E-state index in [0.29, 0.717) is 6.61 Å². The van der Waals surface area contributed by atoms with Gasteiger partial charge in [-0.05, 0) is 31.7 Å². The molecule has 2 aromatic rings. The first kappa shape index (κ1) is 12.0. The van der Waals surface area contributed by atoms with Crippen LogP contribution >= 0.6 is 0 Å². The Morgan fingerprint density at radius 2 is 2.12 bits per heavy atom. The second-order valence-electron chi connectivity index (χ2n) is 4.17. The Labute approximate surface area is 102 Å². The Morgan fingerprint density at radius 3 is 2.94 bits per heavy atom. The summed E-state index contributed by atoms with van der Waals surface area (Å²) in [5.41, 5.74) is 2.22. The molecule has 0 saturated heterocycles. The monoisotopic (exact) mass is 230 g/mol. The second kappa shape index (κ2) is 5.75. The van der Waals surface area contributed by atoms with Crippen molar-refractivity contribution in [3.05, 3.63) is 42.1 Å². The molecule has 0 bridgehead atoms. The van der Waals surface area contributed by atoms with Gasteiger partial charge >= 0.3 is 0 Å². The maximum Gasteiger partial charge on any atom is 0.0728 e. The highest BCUT2D eigenvalue weighted by atomic mass is 16.5. The lowest BCUT2D eigenvalue weighted by Crippen LogP contribution is -2.23. The van der Waals surface area contributed by atoms with Crippen LogP contribution in [-0.2, 0) is 11.3 Å². The standard InChI is InChI=1S/C14H18N2O/c1-11(9-15-2)17-10-12-7-8-16-14-6-4-3-5-13(12)14/h3-8,11,15H,9-10H2,1-2H3. The van der Waals surface area contributed by atoms with Gasteiger partial charge in [-0.3, -0.25) is 4.98 Å². The molecule has 1 aromatic carbocycles. The zero-order valence-corrected chi connectivity index (χ0v) is 10.3. The molecule has 90 valence electrons. The summed E-state index contributed by atoms with van der Waals surface area (Å²) in [6.07, 6.45) is 2.05. The van der Waals surface area contributed by atoms with Crippen molar-refractivity contribution in [2.24, 2.45) is 0 Å². The van der Waals surface area contributed by atoms with Crippen molar-refractivity contribution in [2.45, 2.75) is 19.6 Å². The molecule has 1 aromatic heterocycles. The van der Waals surface area contributed by atoms with E-state index in [0.717, 1.165) is 12.1 Å². The van der Waals surface area contributed by atoms with Crippen molar-refractivity contribution in [1.82, 2.24) is 10.3 Å². The number of ether oxygens (including phenoxy) is 1. The Kier molecular flexibility index (Phi) is 4.07. The zero-order valence-electron chi connectivity index (χ0n) is 10.3. The van der Waals surface area contributed by atoms with E-state index in [2.05, 4.69) is 23.3 Å². The number of benzene rings is 1. The predicted molar refractivity (Wildman–Crippen MR) is 69.9 cm³/mol. The SMILES string of the molecule is CNCC(C)OCc1ccnc2ccccc12. The third-order valence-electron chi connectivity index (χ3n) is 2.75. The Morgan fingerprint density at radius 1 is 1.29 bits per heavy atom. The molecule has 0 aliphatic rings. The second-order valence-corrected chi connectivity index (χ2v) is 4.17. The molecule has 0 spiro atoms. The number of aromatic nitrogens is 1. The number of hydrogen-bond donors (Lipinski definition) is 1. The minimum Gasteiger partial charge on any atom is -0.372 e. The van der Waals surface area contributed by atoms with E-state index in [9.17, 15) is 0 Å².